The van der Waals surface area contributed by atoms with Gasteiger partial charge in [-0.15, -0.1) is 0 Å². The highest BCUT2D eigenvalue weighted by Crippen LogP contribution is 2.17. The first kappa shape index (κ1) is 14.1. The van der Waals surface area contributed by atoms with Crippen molar-refractivity contribution in [2.75, 3.05) is 5.32 Å². The third kappa shape index (κ3) is 2.97. The molecule has 0 saturated heterocycles. The first-order chi connectivity index (χ1) is 9.49. The summed E-state index contributed by atoms with van der Waals surface area (Å²) in [6.45, 7) is 0. The number of rotatable bonds is 3. The molecule has 1 aromatic heterocycles. The number of nitrogens with one attached hydrogen (secondary N) is 1. The topological polar surface area (TPSA) is 92.2 Å². The Kier molecular flexibility index (Phi) is 4.04. The Bertz CT molecular complexity index is 693. The number of nitrogens with zero attached hydrogens (tertiary/aromatic N) is 2. The molecule has 1 aromatic carbocycles. The van der Waals surface area contributed by atoms with Crippen LogP contribution in [-0.2, 0) is 0 Å². The molecule has 2 rings (SSSR count). The Balaban J connectivity index is 2.28. The van der Waals surface area contributed by atoms with Crippen LogP contribution < -0.4 is 5.32 Å². The van der Waals surface area contributed by atoms with Gasteiger partial charge in [-0.25, -0.2) is 19.2 Å². The van der Waals surface area contributed by atoms with Crippen LogP contribution in [0.1, 0.15) is 20.8 Å². The molecule has 1 heterocycles. The average molecular weight is 340 g/mol. The van der Waals surface area contributed by atoms with Gasteiger partial charge >= 0.3 is 5.97 Å². The maximum atomic E-state index is 13.3. The van der Waals surface area contributed by atoms with Gasteiger partial charge in [0, 0.05) is 18.0 Å². The van der Waals surface area contributed by atoms with Crippen molar-refractivity contribution in [3.05, 3.63) is 52.1 Å². The van der Waals surface area contributed by atoms with Crippen LogP contribution in [0.15, 0.2) is 35.1 Å². The van der Waals surface area contributed by atoms with Crippen LogP contribution >= 0.6 is 15.9 Å². The maximum Gasteiger partial charge on any atom is 0.358 e. The first-order valence-electron chi connectivity index (χ1n) is 5.29. The zero-order chi connectivity index (χ0) is 14.7. The van der Waals surface area contributed by atoms with E-state index in [9.17, 15) is 14.0 Å². The quantitative estimate of drug-likeness (QED) is 0.895. The number of carboxylic acids is 1. The Morgan fingerprint density at radius 2 is 1.95 bits per heavy atom. The van der Waals surface area contributed by atoms with E-state index in [2.05, 4.69) is 31.2 Å². The van der Waals surface area contributed by atoms with Crippen molar-refractivity contribution in [3.8, 4) is 0 Å². The van der Waals surface area contributed by atoms with Crippen molar-refractivity contribution in [1.82, 2.24) is 9.97 Å². The van der Waals surface area contributed by atoms with Crippen molar-refractivity contribution in [3.63, 3.8) is 0 Å². The standard InChI is InChI=1S/C12H7BrFN3O3/c13-7-2-1-6(5-8(7)14)11(18)17-10-9(12(19)20)15-3-4-16-10/h1-5H,(H,19,20)(H,16,17,18). The van der Waals surface area contributed by atoms with Crippen molar-refractivity contribution < 1.29 is 19.1 Å². The number of carbonyl (C=O) groups excluding carboxylic acids is 1. The molecular weight excluding hydrogens is 333 g/mol. The van der Waals surface area contributed by atoms with Crippen molar-refractivity contribution >= 4 is 33.6 Å². The lowest BCUT2D eigenvalue weighted by molar-refractivity contribution is 0.0691. The van der Waals surface area contributed by atoms with E-state index < -0.39 is 23.4 Å². The molecule has 0 radical (unpaired) electrons. The van der Waals surface area contributed by atoms with Gasteiger partial charge in [-0.3, -0.25) is 4.79 Å². The number of carbonyl (C=O) groups is 2. The number of amides is 1. The van der Waals surface area contributed by atoms with Crippen LogP contribution in [-0.4, -0.2) is 27.0 Å². The minimum atomic E-state index is -1.32. The number of halogens is 2. The van der Waals surface area contributed by atoms with E-state index >= 15 is 0 Å². The highest BCUT2D eigenvalue weighted by Gasteiger charge is 2.16. The third-order valence-electron chi connectivity index (χ3n) is 2.31. The minimum absolute atomic E-state index is 0.0349. The molecule has 2 aromatic rings. The van der Waals surface area contributed by atoms with Crippen LogP contribution in [0, 0.1) is 5.82 Å². The summed E-state index contributed by atoms with van der Waals surface area (Å²) in [6, 6.07) is 3.79. The number of hydrogen-bond donors (Lipinski definition) is 2. The molecule has 0 saturated carbocycles. The predicted molar refractivity (Wildman–Crippen MR) is 71.0 cm³/mol. The molecule has 0 fully saturated rings. The molecule has 8 heteroatoms. The SMILES string of the molecule is O=C(Nc1nccnc1C(=O)O)c1ccc(Br)c(F)c1. The maximum absolute atomic E-state index is 13.3. The fraction of sp³-hybridized carbons (Fsp3) is 0. The summed E-state index contributed by atoms with van der Waals surface area (Å²) in [5.74, 6) is -2.81. The fourth-order valence-corrected chi connectivity index (χ4v) is 1.65. The van der Waals surface area contributed by atoms with Crippen LogP contribution in [0.3, 0.4) is 0 Å². The first-order valence-corrected chi connectivity index (χ1v) is 6.09. The summed E-state index contributed by atoms with van der Waals surface area (Å²) >= 11 is 2.97. The predicted octanol–water partition coefficient (Wildman–Crippen LogP) is 2.33. The van der Waals surface area contributed by atoms with Crippen LogP contribution in [0.4, 0.5) is 10.2 Å². The molecule has 0 spiro atoms. The van der Waals surface area contributed by atoms with Gasteiger partial charge in [0.25, 0.3) is 5.91 Å². The van der Waals surface area contributed by atoms with Gasteiger partial charge in [0.2, 0.25) is 0 Å². The Hall–Kier alpha value is -2.35. The molecule has 20 heavy (non-hydrogen) atoms. The lowest BCUT2D eigenvalue weighted by Gasteiger charge is -2.06. The van der Waals surface area contributed by atoms with E-state index in [1.54, 1.807) is 0 Å². The van der Waals surface area contributed by atoms with Gasteiger partial charge in [-0.2, -0.15) is 0 Å². The highest BCUT2D eigenvalue weighted by atomic mass is 79.9. The third-order valence-corrected chi connectivity index (χ3v) is 2.96. The zero-order valence-electron chi connectivity index (χ0n) is 9.80. The van der Waals surface area contributed by atoms with E-state index in [0.29, 0.717) is 0 Å². The number of benzene rings is 1. The number of aromatic nitrogens is 2. The van der Waals surface area contributed by atoms with Gasteiger partial charge in [-0.1, -0.05) is 0 Å². The van der Waals surface area contributed by atoms with E-state index in [4.69, 9.17) is 5.11 Å². The molecule has 2 N–H and O–H groups in total. The highest BCUT2D eigenvalue weighted by molar-refractivity contribution is 9.10. The van der Waals surface area contributed by atoms with E-state index in [1.807, 2.05) is 0 Å². The largest absolute Gasteiger partial charge is 0.476 e. The second-order valence-electron chi connectivity index (χ2n) is 3.64. The number of anilines is 1. The summed E-state index contributed by atoms with van der Waals surface area (Å²) in [6.07, 6.45) is 2.43. The van der Waals surface area contributed by atoms with E-state index in [0.717, 1.165) is 6.07 Å². The van der Waals surface area contributed by atoms with Gasteiger partial charge in [0.15, 0.2) is 11.5 Å². The van der Waals surface area contributed by atoms with Crippen molar-refractivity contribution in [2.24, 2.45) is 0 Å². The molecule has 0 aliphatic heterocycles. The summed E-state index contributed by atoms with van der Waals surface area (Å²) in [5, 5.41) is 11.2. The van der Waals surface area contributed by atoms with Gasteiger partial charge < -0.3 is 10.4 Å². The van der Waals surface area contributed by atoms with Crippen molar-refractivity contribution in [1.29, 1.82) is 0 Å². The lowest BCUT2D eigenvalue weighted by Crippen LogP contribution is -2.17. The van der Waals surface area contributed by atoms with Gasteiger partial charge in [0.05, 0.1) is 4.47 Å². The van der Waals surface area contributed by atoms with Gasteiger partial charge in [0.1, 0.15) is 5.82 Å². The molecule has 6 nitrogen and oxygen atoms in total. The normalized spacial score (nSPS) is 10.1. The zero-order valence-corrected chi connectivity index (χ0v) is 11.4. The van der Waals surface area contributed by atoms with Crippen molar-refractivity contribution in [2.45, 2.75) is 0 Å². The van der Waals surface area contributed by atoms with Gasteiger partial charge in [-0.05, 0) is 34.1 Å². The summed E-state index contributed by atoms with van der Waals surface area (Å²) in [7, 11) is 0. The monoisotopic (exact) mass is 339 g/mol. The molecule has 1 amide bonds. The summed E-state index contributed by atoms with van der Waals surface area (Å²) in [5.41, 5.74) is -0.355. The molecular formula is C12H7BrFN3O3. The summed E-state index contributed by atoms with van der Waals surface area (Å²) in [4.78, 5) is 30.1. The number of carboxylic acid groups (broad SMARTS) is 1. The van der Waals surface area contributed by atoms with Crippen LogP contribution in [0.25, 0.3) is 0 Å². The Labute approximate surface area is 120 Å². The average Bonchev–Trinajstić information content (AvgIpc) is 2.42. The molecule has 0 atom stereocenters. The molecule has 0 unspecified atom stereocenters. The molecule has 102 valence electrons. The Morgan fingerprint density at radius 3 is 2.60 bits per heavy atom. The molecule has 0 bridgehead atoms. The lowest BCUT2D eigenvalue weighted by atomic mass is 10.2. The number of hydrogen-bond acceptors (Lipinski definition) is 4. The fourth-order valence-electron chi connectivity index (χ4n) is 1.40. The second kappa shape index (κ2) is 5.74. The summed E-state index contributed by atoms with van der Waals surface area (Å²) < 4.78 is 13.6. The van der Waals surface area contributed by atoms with Crippen LogP contribution in [0.5, 0.6) is 0 Å². The minimum Gasteiger partial charge on any atom is -0.476 e. The Morgan fingerprint density at radius 1 is 1.25 bits per heavy atom. The second-order valence-corrected chi connectivity index (χ2v) is 4.50. The van der Waals surface area contributed by atoms with E-state index in [-0.39, 0.29) is 15.9 Å². The van der Waals surface area contributed by atoms with E-state index in [1.165, 1.54) is 24.5 Å². The molecule has 0 aliphatic rings. The number of aromatic carboxylic acids is 1. The smallest absolute Gasteiger partial charge is 0.358 e. The van der Waals surface area contributed by atoms with Crippen LogP contribution in [0.2, 0.25) is 0 Å². The molecule has 0 aliphatic carbocycles.